The molecule has 1 aromatic rings. The molecule has 0 radical (unpaired) electrons. The summed E-state index contributed by atoms with van der Waals surface area (Å²) in [4.78, 5) is 15.3. The van der Waals surface area contributed by atoms with Gasteiger partial charge in [-0.1, -0.05) is 12.1 Å². The average molecular weight is 221 g/mol. The van der Waals surface area contributed by atoms with Gasteiger partial charge in [-0.05, 0) is 19.1 Å². The number of anilines is 2. The van der Waals surface area contributed by atoms with E-state index in [0.29, 0.717) is 5.69 Å². The van der Waals surface area contributed by atoms with Crippen LogP contribution in [0.3, 0.4) is 0 Å². The van der Waals surface area contributed by atoms with E-state index in [-0.39, 0.29) is 11.9 Å². The van der Waals surface area contributed by atoms with Gasteiger partial charge in [-0.15, -0.1) is 0 Å². The number of para-hydroxylation sites is 2. The standard InChI is InChI=1S/C12H19N3O/c1-9(12(16)14(2)3)15(4)11-8-6-5-7-10(11)13/h5-9H,13H2,1-4H3. The van der Waals surface area contributed by atoms with Gasteiger partial charge in [0.1, 0.15) is 6.04 Å². The van der Waals surface area contributed by atoms with Crippen molar-refractivity contribution in [3.05, 3.63) is 24.3 Å². The number of hydrogen-bond donors (Lipinski definition) is 1. The Morgan fingerprint density at radius 2 is 1.81 bits per heavy atom. The number of likely N-dealkylation sites (N-methyl/N-ethyl adjacent to an activating group) is 2. The molecular weight excluding hydrogens is 202 g/mol. The zero-order chi connectivity index (χ0) is 12.3. The summed E-state index contributed by atoms with van der Waals surface area (Å²) in [6.45, 7) is 1.87. The fourth-order valence-corrected chi connectivity index (χ4v) is 1.56. The van der Waals surface area contributed by atoms with E-state index in [1.807, 2.05) is 43.1 Å². The molecule has 1 amide bonds. The minimum atomic E-state index is -0.223. The van der Waals surface area contributed by atoms with Crippen LogP contribution < -0.4 is 10.6 Å². The summed E-state index contributed by atoms with van der Waals surface area (Å²) in [5, 5.41) is 0. The molecule has 0 aliphatic rings. The van der Waals surface area contributed by atoms with E-state index in [1.165, 1.54) is 0 Å². The van der Waals surface area contributed by atoms with Gasteiger partial charge in [0, 0.05) is 21.1 Å². The molecule has 0 aliphatic heterocycles. The van der Waals surface area contributed by atoms with E-state index < -0.39 is 0 Å². The molecule has 1 rings (SSSR count). The van der Waals surface area contributed by atoms with Gasteiger partial charge in [-0.25, -0.2) is 0 Å². The number of benzene rings is 1. The first-order valence-electron chi connectivity index (χ1n) is 5.23. The first-order valence-corrected chi connectivity index (χ1v) is 5.23. The third-order valence-corrected chi connectivity index (χ3v) is 2.70. The second-order valence-corrected chi connectivity index (χ2v) is 4.08. The van der Waals surface area contributed by atoms with Crippen molar-refractivity contribution >= 4 is 17.3 Å². The second-order valence-electron chi connectivity index (χ2n) is 4.08. The topological polar surface area (TPSA) is 49.6 Å². The highest BCUT2D eigenvalue weighted by atomic mass is 16.2. The third-order valence-electron chi connectivity index (χ3n) is 2.70. The van der Waals surface area contributed by atoms with Crippen LogP contribution >= 0.6 is 0 Å². The van der Waals surface area contributed by atoms with Gasteiger partial charge in [-0.3, -0.25) is 4.79 Å². The lowest BCUT2D eigenvalue weighted by atomic mass is 10.2. The predicted molar refractivity (Wildman–Crippen MR) is 67.4 cm³/mol. The Labute approximate surface area is 96.6 Å². The fourth-order valence-electron chi connectivity index (χ4n) is 1.56. The smallest absolute Gasteiger partial charge is 0.244 e. The van der Waals surface area contributed by atoms with E-state index in [0.717, 1.165) is 5.69 Å². The molecule has 2 N–H and O–H groups in total. The lowest BCUT2D eigenvalue weighted by Gasteiger charge is -2.29. The van der Waals surface area contributed by atoms with Crippen LogP contribution in [0.5, 0.6) is 0 Å². The van der Waals surface area contributed by atoms with Crippen LogP contribution in [-0.2, 0) is 4.79 Å². The molecule has 1 unspecified atom stereocenters. The number of nitrogens with zero attached hydrogens (tertiary/aromatic N) is 2. The van der Waals surface area contributed by atoms with E-state index in [1.54, 1.807) is 19.0 Å². The molecule has 0 bridgehead atoms. The highest BCUT2D eigenvalue weighted by Gasteiger charge is 2.20. The van der Waals surface area contributed by atoms with Gasteiger partial charge < -0.3 is 15.5 Å². The predicted octanol–water partition coefficient (Wildman–Crippen LogP) is 1.18. The lowest BCUT2D eigenvalue weighted by molar-refractivity contribution is -0.129. The maximum Gasteiger partial charge on any atom is 0.244 e. The lowest BCUT2D eigenvalue weighted by Crippen LogP contribution is -2.43. The number of carbonyl (C=O) groups is 1. The minimum Gasteiger partial charge on any atom is -0.397 e. The average Bonchev–Trinajstić information content (AvgIpc) is 2.26. The van der Waals surface area contributed by atoms with Gasteiger partial charge in [-0.2, -0.15) is 0 Å². The highest BCUT2D eigenvalue weighted by molar-refractivity contribution is 5.85. The Morgan fingerprint density at radius 3 is 2.31 bits per heavy atom. The summed E-state index contributed by atoms with van der Waals surface area (Å²) in [5.41, 5.74) is 7.43. The van der Waals surface area contributed by atoms with Crippen LogP contribution in [0.2, 0.25) is 0 Å². The third kappa shape index (κ3) is 2.45. The van der Waals surface area contributed by atoms with Crippen molar-refractivity contribution in [2.45, 2.75) is 13.0 Å². The largest absolute Gasteiger partial charge is 0.397 e. The molecule has 4 heteroatoms. The molecule has 0 heterocycles. The molecule has 4 nitrogen and oxygen atoms in total. The van der Waals surface area contributed by atoms with Crippen LogP contribution in [0.4, 0.5) is 11.4 Å². The van der Waals surface area contributed by atoms with Gasteiger partial charge in [0.25, 0.3) is 0 Å². The maximum absolute atomic E-state index is 11.8. The van der Waals surface area contributed by atoms with Crippen molar-refractivity contribution in [2.75, 3.05) is 31.8 Å². The molecule has 16 heavy (non-hydrogen) atoms. The summed E-state index contributed by atoms with van der Waals surface area (Å²) in [5.74, 6) is 0.0609. The number of amides is 1. The summed E-state index contributed by atoms with van der Waals surface area (Å²) in [6, 6.07) is 7.31. The van der Waals surface area contributed by atoms with E-state index >= 15 is 0 Å². The zero-order valence-corrected chi connectivity index (χ0v) is 10.3. The maximum atomic E-state index is 11.8. The minimum absolute atomic E-state index is 0.0609. The van der Waals surface area contributed by atoms with Crippen molar-refractivity contribution < 1.29 is 4.79 Å². The van der Waals surface area contributed by atoms with Crippen LogP contribution in [0.1, 0.15) is 6.92 Å². The normalized spacial score (nSPS) is 12.0. The number of hydrogen-bond acceptors (Lipinski definition) is 3. The van der Waals surface area contributed by atoms with Gasteiger partial charge in [0.2, 0.25) is 5.91 Å². The van der Waals surface area contributed by atoms with Gasteiger partial charge in [0.05, 0.1) is 11.4 Å². The molecular formula is C12H19N3O. The quantitative estimate of drug-likeness (QED) is 0.780. The van der Waals surface area contributed by atoms with Crippen molar-refractivity contribution in [2.24, 2.45) is 0 Å². The molecule has 0 fully saturated rings. The molecule has 1 atom stereocenters. The SMILES string of the molecule is CC(C(=O)N(C)C)N(C)c1ccccc1N. The van der Waals surface area contributed by atoms with Crippen molar-refractivity contribution in [1.82, 2.24) is 4.90 Å². The Morgan fingerprint density at radius 1 is 1.25 bits per heavy atom. The number of nitrogen functional groups attached to an aromatic ring is 1. The molecule has 0 saturated carbocycles. The molecule has 1 aromatic carbocycles. The monoisotopic (exact) mass is 221 g/mol. The van der Waals surface area contributed by atoms with E-state index in [4.69, 9.17) is 5.73 Å². The first kappa shape index (κ1) is 12.4. The first-order chi connectivity index (χ1) is 7.45. The number of rotatable bonds is 3. The molecule has 0 aromatic heterocycles. The molecule has 0 aliphatic carbocycles. The van der Waals surface area contributed by atoms with E-state index in [2.05, 4.69) is 0 Å². The summed E-state index contributed by atoms with van der Waals surface area (Å²) in [6.07, 6.45) is 0. The summed E-state index contributed by atoms with van der Waals surface area (Å²) < 4.78 is 0. The van der Waals surface area contributed by atoms with Crippen LogP contribution in [0, 0.1) is 0 Å². The van der Waals surface area contributed by atoms with Gasteiger partial charge in [0.15, 0.2) is 0 Å². The molecule has 0 spiro atoms. The molecule has 88 valence electrons. The summed E-state index contributed by atoms with van der Waals surface area (Å²) in [7, 11) is 5.37. The van der Waals surface area contributed by atoms with E-state index in [9.17, 15) is 4.79 Å². The fraction of sp³-hybridized carbons (Fsp3) is 0.417. The molecule has 0 saturated heterocycles. The van der Waals surface area contributed by atoms with Crippen LogP contribution in [0.15, 0.2) is 24.3 Å². The Bertz CT molecular complexity index is 376. The van der Waals surface area contributed by atoms with Crippen LogP contribution in [-0.4, -0.2) is 38.0 Å². The van der Waals surface area contributed by atoms with Crippen molar-refractivity contribution in [3.63, 3.8) is 0 Å². The van der Waals surface area contributed by atoms with Crippen LogP contribution in [0.25, 0.3) is 0 Å². The Kier molecular flexibility index (Phi) is 3.77. The second kappa shape index (κ2) is 4.88. The Hall–Kier alpha value is -1.71. The Balaban J connectivity index is 2.90. The number of nitrogens with two attached hydrogens (primary N) is 1. The van der Waals surface area contributed by atoms with Crippen molar-refractivity contribution in [1.29, 1.82) is 0 Å². The highest BCUT2D eigenvalue weighted by Crippen LogP contribution is 2.23. The number of carbonyl (C=O) groups excluding carboxylic acids is 1. The van der Waals surface area contributed by atoms with Crippen molar-refractivity contribution in [3.8, 4) is 0 Å². The summed E-state index contributed by atoms with van der Waals surface area (Å²) >= 11 is 0. The zero-order valence-electron chi connectivity index (χ0n) is 10.3. The van der Waals surface area contributed by atoms with Gasteiger partial charge >= 0.3 is 0 Å².